The van der Waals surface area contributed by atoms with Crippen LogP contribution in [0.15, 0.2) is 39.8 Å². The van der Waals surface area contributed by atoms with E-state index in [1.165, 1.54) is 6.07 Å². The molecular formula is C19H27F2IN4O2. The van der Waals surface area contributed by atoms with Crippen molar-refractivity contribution in [1.29, 1.82) is 0 Å². The Morgan fingerprint density at radius 3 is 2.54 bits per heavy atom. The lowest BCUT2D eigenvalue weighted by molar-refractivity contribution is -0.0498. The molecule has 0 radical (unpaired) electrons. The molecule has 0 spiro atoms. The number of ether oxygens (including phenoxy) is 1. The SMILES string of the molecule is CCC(CC)c1cc(CNC(=NC)NCc2cccc(OC(F)F)c2)on1.I. The molecule has 0 aliphatic rings. The zero-order valence-electron chi connectivity index (χ0n) is 16.2. The van der Waals surface area contributed by atoms with Crippen molar-refractivity contribution in [2.75, 3.05) is 7.05 Å². The van der Waals surface area contributed by atoms with E-state index in [1.54, 1.807) is 19.2 Å². The van der Waals surface area contributed by atoms with Gasteiger partial charge < -0.3 is 19.9 Å². The van der Waals surface area contributed by atoms with E-state index < -0.39 is 6.61 Å². The van der Waals surface area contributed by atoms with Crippen LogP contribution < -0.4 is 15.4 Å². The molecule has 2 N–H and O–H groups in total. The number of aromatic nitrogens is 1. The van der Waals surface area contributed by atoms with E-state index in [-0.39, 0.29) is 29.7 Å². The summed E-state index contributed by atoms with van der Waals surface area (Å²) in [5.74, 6) is 1.83. The lowest BCUT2D eigenvalue weighted by atomic mass is 9.99. The van der Waals surface area contributed by atoms with Crippen LogP contribution in [0.4, 0.5) is 8.78 Å². The van der Waals surface area contributed by atoms with Gasteiger partial charge in [0.05, 0.1) is 12.2 Å². The minimum Gasteiger partial charge on any atom is -0.435 e. The molecule has 9 heteroatoms. The third-order valence-electron chi connectivity index (χ3n) is 4.22. The van der Waals surface area contributed by atoms with Crippen molar-refractivity contribution < 1.29 is 18.0 Å². The highest BCUT2D eigenvalue weighted by Crippen LogP contribution is 2.22. The Bertz CT molecular complexity index is 736. The zero-order valence-corrected chi connectivity index (χ0v) is 18.6. The predicted molar refractivity (Wildman–Crippen MR) is 115 cm³/mol. The molecule has 6 nitrogen and oxygen atoms in total. The number of guanidine groups is 1. The van der Waals surface area contributed by atoms with Crippen LogP contribution >= 0.6 is 24.0 Å². The topological polar surface area (TPSA) is 71.7 Å². The number of aliphatic imine (C=N–C) groups is 1. The first kappa shape index (κ1) is 24.1. The average molecular weight is 508 g/mol. The number of hydrogen-bond donors (Lipinski definition) is 2. The van der Waals surface area contributed by atoms with E-state index in [9.17, 15) is 8.78 Å². The quantitative estimate of drug-likeness (QED) is 0.293. The molecule has 0 atom stereocenters. The molecule has 2 rings (SSSR count). The van der Waals surface area contributed by atoms with Crippen LogP contribution in [0.3, 0.4) is 0 Å². The van der Waals surface area contributed by atoms with Gasteiger partial charge in [0.1, 0.15) is 5.75 Å². The second kappa shape index (κ2) is 12.5. The Kier molecular flexibility index (Phi) is 10.8. The Labute approximate surface area is 181 Å². The molecule has 0 saturated carbocycles. The summed E-state index contributed by atoms with van der Waals surface area (Å²) >= 11 is 0. The summed E-state index contributed by atoms with van der Waals surface area (Å²) in [5.41, 5.74) is 1.77. The van der Waals surface area contributed by atoms with E-state index in [1.807, 2.05) is 12.1 Å². The molecule has 0 bridgehead atoms. The highest BCUT2D eigenvalue weighted by molar-refractivity contribution is 14.0. The molecule has 28 heavy (non-hydrogen) atoms. The molecule has 2 aromatic rings. The second-order valence-corrected chi connectivity index (χ2v) is 6.04. The van der Waals surface area contributed by atoms with Gasteiger partial charge in [0.2, 0.25) is 0 Å². The van der Waals surface area contributed by atoms with E-state index in [2.05, 4.69) is 39.4 Å². The largest absolute Gasteiger partial charge is 0.435 e. The zero-order chi connectivity index (χ0) is 19.6. The van der Waals surface area contributed by atoms with Gasteiger partial charge >= 0.3 is 6.61 Å². The maximum Gasteiger partial charge on any atom is 0.387 e. The predicted octanol–water partition coefficient (Wildman–Crippen LogP) is 4.66. The lowest BCUT2D eigenvalue weighted by Gasteiger charge is -2.12. The van der Waals surface area contributed by atoms with Crippen LogP contribution in [-0.4, -0.2) is 24.8 Å². The molecule has 0 aliphatic carbocycles. The monoisotopic (exact) mass is 508 g/mol. The smallest absolute Gasteiger partial charge is 0.387 e. The maximum absolute atomic E-state index is 12.3. The highest BCUT2D eigenvalue weighted by atomic mass is 127. The fourth-order valence-corrected chi connectivity index (χ4v) is 2.72. The number of hydrogen-bond acceptors (Lipinski definition) is 4. The maximum atomic E-state index is 12.3. The summed E-state index contributed by atoms with van der Waals surface area (Å²) in [6.07, 6.45) is 2.04. The summed E-state index contributed by atoms with van der Waals surface area (Å²) in [4.78, 5) is 4.14. The molecule has 0 amide bonds. The Balaban J connectivity index is 0.00000392. The Hall–Kier alpha value is -1.91. The van der Waals surface area contributed by atoms with Gasteiger partial charge in [-0.05, 0) is 30.5 Å². The van der Waals surface area contributed by atoms with Crippen LogP contribution in [-0.2, 0) is 13.1 Å². The summed E-state index contributed by atoms with van der Waals surface area (Å²) in [7, 11) is 1.65. The molecule has 0 unspecified atom stereocenters. The first-order chi connectivity index (χ1) is 13.0. The van der Waals surface area contributed by atoms with Gasteiger partial charge in [-0.2, -0.15) is 8.78 Å². The number of nitrogens with one attached hydrogen (secondary N) is 2. The number of benzene rings is 1. The van der Waals surface area contributed by atoms with Gasteiger partial charge in [-0.1, -0.05) is 31.1 Å². The standard InChI is InChI=1S/C19H26F2N4O2.HI/c1-4-14(5-2)17-10-16(27-25-17)12-24-19(22-3)23-11-13-7-6-8-15(9-13)26-18(20)21;/h6-10,14,18H,4-5,11-12H2,1-3H3,(H2,22,23,24);1H. The van der Waals surface area contributed by atoms with E-state index >= 15 is 0 Å². The molecule has 1 aromatic heterocycles. The molecule has 0 fully saturated rings. The third kappa shape index (κ3) is 7.61. The average Bonchev–Trinajstić information content (AvgIpc) is 3.11. The van der Waals surface area contributed by atoms with Crippen molar-refractivity contribution in [2.24, 2.45) is 4.99 Å². The minimum atomic E-state index is -2.84. The molecule has 1 aromatic carbocycles. The molecule has 156 valence electrons. The summed E-state index contributed by atoms with van der Waals surface area (Å²) < 4.78 is 34.4. The van der Waals surface area contributed by atoms with Crippen LogP contribution in [0.1, 0.15) is 49.6 Å². The van der Waals surface area contributed by atoms with Gasteiger partial charge in [-0.15, -0.1) is 24.0 Å². The van der Waals surface area contributed by atoms with Crippen LogP contribution in [0.5, 0.6) is 5.75 Å². The van der Waals surface area contributed by atoms with Crippen LogP contribution in [0.25, 0.3) is 0 Å². The van der Waals surface area contributed by atoms with Crippen molar-refractivity contribution in [1.82, 2.24) is 15.8 Å². The van der Waals surface area contributed by atoms with Gasteiger partial charge in [0, 0.05) is 25.6 Å². The van der Waals surface area contributed by atoms with E-state index in [4.69, 9.17) is 4.52 Å². The number of nitrogens with zero attached hydrogens (tertiary/aromatic N) is 2. The summed E-state index contributed by atoms with van der Waals surface area (Å²) in [5, 5.41) is 10.4. The molecule has 0 saturated heterocycles. The normalized spacial score (nSPS) is 11.5. The second-order valence-electron chi connectivity index (χ2n) is 6.04. The highest BCUT2D eigenvalue weighted by Gasteiger charge is 2.13. The molecule has 0 aliphatic heterocycles. The van der Waals surface area contributed by atoms with Crippen molar-refractivity contribution in [3.8, 4) is 5.75 Å². The van der Waals surface area contributed by atoms with Crippen LogP contribution in [0, 0.1) is 0 Å². The minimum absolute atomic E-state index is 0. The van der Waals surface area contributed by atoms with E-state index in [0.29, 0.717) is 25.0 Å². The van der Waals surface area contributed by atoms with Gasteiger partial charge in [0.15, 0.2) is 11.7 Å². The Morgan fingerprint density at radius 1 is 1.18 bits per heavy atom. The number of rotatable bonds is 9. The van der Waals surface area contributed by atoms with Gasteiger partial charge in [-0.3, -0.25) is 4.99 Å². The fourth-order valence-electron chi connectivity index (χ4n) is 2.72. The van der Waals surface area contributed by atoms with Crippen molar-refractivity contribution in [2.45, 2.75) is 52.3 Å². The fraction of sp³-hybridized carbons (Fsp3) is 0.474. The number of halogens is 3. The molecule has 1 heterocycles. The van der Waals surface area contributed by atoms with E-state index in [0.717, 1.165) is 29.9 Å². The van der Waals surface area contributed by atoms with Crippen molar-refractivity contribution in [3.05, 3.63) is 47.3 Å². The van der Waals surface area contributed by atoms with Gasteiger partial charge in [0.25, 0.3) is 0 Å². The first-order valence-electron chi connectivity index (χ1n) is 8.99. The van der Waals surface area contributed by atoms with Crippen molar-refractivity contribution >= 4 is 29.9 Å². The van der Waals surface area contributed by atoms with Gasteiger partial charge in [-0.25, -0.2) is 0 Å². The van der Waals surface area contributed by atoms with Crippen LogP contribution in [0.2, 0.25) is 0 Å². The number of alkyl halides is 2. The lowest BCUT2D eigenvalue weighted by Crippen LogP contribution is -2.36. The summed E-state index contributed by atoms with van der Waals surface area (Å²) in [6.45, 7) is 2.29. The Morgan fingerprint density at radius 2 is 1.89 bits per heavy atom. The molecular weight excluding hydrogens is 481 g/mol. The third-order valence-corrected chi connectivity index (χ3v) is 4.22. The first-order valence-corrected chi connectivity index (χ1v) is 8.99. The van der Waals surface area contributed by atoms with Crippen molar-refractivity contribution in [3.63, 3.8) is 0 Å². The summed E-state index contributed by atoms with van der Waals surface area (Å²) in [6, 6.07) is 8.49.